The van der Waals surface area contributed by atoms with Crippen molar-refractivity contribution in [3.8, 4) is 5.75 Å². The van der Waals surface area contributed by atoms with Crippen LogP contribution in [0.15, 0.2) is 42.5 Å². The number of Topliss-reactive ketones (excluding diaryl/α,β-unsaturated/α-hetero) is 1. The molecule has 2 saturated carbocycles. The number of rotatable bonds is 5. The van der Waals surface area contributed by atoms with E-state index in [0.29, 0.717) is 28.8 Å². The number of aryl methyl sites for hydroxylation is 2. The van der Waals surface area contributed by atoms with Gasteiger partial charge in [-0.3, -0.25) is 14.4 Å². The predicted molar refractivity (Wildman–Crippen MR) is 112 cm³/mol. The molecule has 1 aliphatic heterocycles. The van der Waals surface area contributed by atoms with Gasteiger partial charge in [0.25, 0.3) is 0 Å². The maximum atomic E-state index is 13.2. The summed E-state index contributed by atoms with van der Waals surface area (Å²) in [6.07, 6.45) is 3.09. The zero-order chi connectivity index (χ0) is 21.0. The number of hydrogen-bond donors (Lipinski definition) is 0. The summed E-state index contributed by atoms with van der Waals surface area (Å²) in [6.45, 7) is 3.83. The number of carbonyl (C=O) groups is 3. The van der Waals surface area contributed by atoms with Gasteiger partial charge in [-0.2, -0.15) is 0 Å². The first-order valence-corrected chi connectivity index (χ1v) is 10.7. The van der Waals surface area contributed by atoms with Crippen LogP contribution in [0.2, 0.25) is 0 Å². The van der Waals surface area contributed by atoms with Gasteiger partial charge in [-0.25, -0.2) is 4.90 Å². The first kappa shape index (κ1) is 19.0. The van der Waals surface area contributed by atoms with Gasteiger partial charge in [-0.1, -0.05) is 24.3 Å². The van der Waals surface area contributed by atoms with E-state index in [4.69, 9.17) is 4.74 Å². The van der Waals surface area contributed by atoms with Crippen molar-refractivity contribution in [3.05, 3.63) is 59.2 Å². The number of carbonyl (C=O) groups excluding carboxylic acids is 3. The van der Waals surface area contributed by atoms with Gasteiger partial charge in [-0.15, -0.1) is 0 Å². The van der Waals surface area contributed by atoms with Crippen molar-refractivity contribution in [1.82, 2.24) is 0 Å². The van der Waals surface area contributed by atoms with Crippen molar-refractivity contribution >= 4 is 23.3 Å². The highest BCUT2D eigenvalue weighted by Crippen LogP contribution is 2.57. The van der Waals surface area contributed by atoms with Crippen molar-refractivity contribution < 1.29 is 19.1 Å². The summed E-state index contributed by atoms with van der Waals surface area (Å²) < 4.78 is 5.83. The summed E-state index contributed by atoms with van der Waals surface area (Å²) >= 11 is 0. The van der Waals surface area contributed by atoms with Crippen LogP contribution in [-0.2, 0) is 9.59 Å². The minimum atomic E-state index is -0.179. The molecule has 5 heteroatoms. The molecule has 2 bridgehead atoms. The Labute approximate surface area is 176 Å². The summed E-state index contributed by atoms with van der Waals surface area (Å²) in [7, 11) is 0. The Balaban J connectivity index is 1.37. The predicted octanol–water partition coefficient (Wildman–Crippen LogP) is 4.10. The second kappa shape index (κ2) is 7.08. The summed E-state index contributed by atoms with van der Waals surface area (Å²) in [6, 6.07) is 12.6. The van der Waals surface area contributed by atoms with Gasteiger partial charge >= 0.3 is 0 Å². The second-order valence-electron chi connectivity index (χ2n) is 8.88. The first-order chi connectivity index (χ1) is 14.5. The van der Waals surface area contributed by atoms with E-state index in [0.717, 1.165) is 30.4 Å². The molecule has 2 amide bonds. The quantitative estimate of drug-likeness (QED) is 0.557. The summed E-state index contributed by atoms with van der Waals surface area (Å²) in [5, 5.41) is 0. The molecular weight excluding hydrogens is 378 g/mol. The van der Waals surface area contributed by atoms with E-state index in [9.17, 15) is 14.4 Å². The van der Waals surface area contributed by atoms with Gasteiger partial charge in [0.2, 0.25) is 11.8 Å². The molecule has 0 spiro atoms. The van der Waals surface area contributed by atoms with E-state index in [-0.39, 0.29) is 36.0 Å². The summed E-state index contributed by atoms with van der Waals surface area (Å²) in [5.41, 5.74) is 3.23. The molecule has 0 radical (unpaired) electrons. The third kappa shape index (κ3) is 2.87. The van der Waals surface area contributed by atoms with Crippen molar-refractivity contribution in [2.24, 2.45) is 23.7 Å². The maximum Gasteiger partial charge on any atom is 0.238 e. The van der Waals surface area contributed by atoms with Crippen LogP contribution < -0.4 is 9.64 Å². The highest BCUT2D eigenvalue weighted by Gasteiger charge is 2.61. The standard InChI is InChI=1S/C25H25NO4/c1-14-7-8-16(11-15(14)2)20(27)13-30-21-6-4-3-5-19(21)26-24(28)22-17-9-10-18(12-17)23(22)25(26)29/h3-8,11,17-18,22-23H,9-10,12-13H2,1-2H3/t17-,18-,22+,23+/m0/s1. The molecule has 0 aromatic heterocycles. The Bertz CT molecular complexity index is 1030. The molecule has 3 fully saturated rings. The molecule has 5 rings (SSSR count). The zero-order valence-corrected chi connectivity index (χ0v) is 17.3. The summed E-state index contributed by atoms with van der Waals surface area (Å²) in [5.74, 6) is 0.359. The molecule has 4 atom stereocenters. The van der Waals surface area contributed by atoms with Crippen LogP contribution in [0, 0.1) is 37.5 Å². The molecule has 154 valence electrons. The van der Waals surface area contributed by atoms with E-state index >= 15 is 0 Å². The van der Waals surface area contributed by atoms with E-state index in [1.54, 1.807) is 30.3 Å². The van der Waals surface area contributed by atoms with Crippen LogP contribution >= 0.6 is 0 Å². The lowest BCUT2D eigenvalue weighted by atomic mass is 9.81. The van der Waals surface area contributed by atoms with Gasteiger partial charge in [0.05, 0.1) is 17.5 Å². The molecule has 1 saturated heterocycles. The number of ketones is 1. The number of amides is 2. The molecule has 2 aromatic rings. The molecule has 30 heavy (non-hydrogen) atoms. The maximum absolute atomic E-state index is 13.2. The highest BCUT2D eigenvalue weighted by molar-refractivity contribution is 6.23. The fourth-order valence-corrected chi connectivity index (χ4v) is 5.55. The lowest BCUT2D eigenvalue weighted by molar-refractivity contribution is -0.123. The zero-order valence-electron chi connectivity index (χ0n) is 17.3. The smallest absolute Gasteiger partial charge is 0.238 e. The van der Waals surface area contributed by atoms with Gasteiger partial charge in [0, 0.05) is 5.56 Å². The average Bonchev–Trinajstić information content (AvgIpc) is 3.42. The third-order valence-electron chi connectivity index (χ3n) is 7.22. The lowest BCUT2D eigenvalue weighted by Gasteiger charge is -2.20. The fraction of sp³-hybridized carbons (Fsp3) is 0.400. The number of ether oxygens (including phenoxy) is 1. The molecule has 0 unspecified atom stereocenters. The third-order valence-corrected chi connectivity index (χ3v) is 7.22. The van der Waals surface area contributed by atoms with Crippen LogP contribution in [-0.4, -0.2) is 24.2 Å². The Morgan fingerprint density at radius 3 is 2.30 bits per heavy atom. The molecule has 0 N–H and O–H groups in total. The number of benzene rings is 2. The minimum Gasteiger partial charge on any atom is -0.483 e. The van der Waals surface area contributed by atoms with E-state index < -0.39 is 0 Å². The normalized spacial score (nSPS) is 26.9. The topological polar surface area (TPSA) is 63.7 Å². The molecule has 3 aliphatic rings. The van der Waals surface area contributed by atoms with Crippen molar-refractivity contribution in [3.63, 3.8) is 0 Å². The van der Waals surface area contributed by atoms with Gasteiger partial charge in [0.1, 0.15) is 5.75 Å². The first-order valence-electron chi connectivity index (χ1n) is 10.7. The monoisotopic (exact) mass is 403 g/mol. The molecule has 2 aliphatic carbocycles. The molecule has 5 nitrogen and oxygen atoms in total. The van der Waals surface area contributed by atoms with E-state index in [1.807, 2.05) is 26.0 Å². The minimum absolute atomic E-state index is 0.103. The number of hydrogen-bond acceptors (Lipinski definition) is 4. The van der Waals surface area contributed by atoms with Gasteiger partial charge in [0.15, 0.2) is 12.4 Å². The van der Waals surface area contributed by atoms with Gasteiger partial charge in [-0.05, 0) is 74.3 Å². The van der Waals surface area contributed by atoms with Crippen LogP contribution in [0.25, 0.3) is 0 Å². The molecule has 1 heterocycles. The number of para-hydroxylation sites is 2. The number of anilines is 1. The van der Waals surface area contributed by atoms with Crippen LogP contribution in [0.1, 0.15) is 40.7 Å². The second-order valence-corrected chi connectivity index (χ2v) is 8.88. The van der Waals surface area contributed by atoms with E-state index in [2.05, 4.69) is 0 Å². The Kier molecular flexibility index (Phi) is 4.49. The Hall–Kier alpha value is -2.95. The van der Waals surface area contributed by atoms with Crippen molar-refractivity contribution in [2.75, 3.05) is 11.5 Å². The summed E-state index contributed by atoms with van der Waals surface area (Å²) in [4.78, 5) is 40.2. The van der Waals surface area contributed by atoms with Crippen molar-refractivity contribution in [2.45, 2.75) is 33.1 Å². The van der Waals surface area contributed by atoms with E-state index in [1.165, 1.54) is 4.90 Å². The van der Waals surface area contributed by atoms with Crippen molar-refractivity contribution in [1.29, 1.82) is 0 Å². The Morgan fingerprint density at radius 1 is 0.967 bits per heavy atom. The van der Waals surface area contributed by atoms with Crippen LogP contribution in [0.3, 0.4) is 0 Å². The average molecular weight is 403 g/mol. The lowest BCUT2D eigenvalue weighted by Crippen LogP contribution is -2.33. The highest BCUT2D eigenvalue weighted by atomic mass is 16.5. The van der Waals surface area contributed by atoms with Crippen LogP contribution in [0.5, 0.6) is 5.75 Å². The largest absolute Gasteiger partial charge is 0.483 e. The fourth-order valence-electron chi connectivity index (χ4n) is 5.55. The number of fused-ring (bicyclic) bond motifs is 5. The Morgan fingerprint density at radius 2 is 1.63 bits per heavy atom. The molecular formula is C25H25NO4. The molecule has 2 aromatic carbocycles. The number of imide groups is 1. The van der Waals surface area contributed by atoms with Crippen LogP contribution in [0.4, 0.5) is 5.69 Å². The van der Waals surface area contributed by atoms with Gasteiger partial charge < -0.3 is 4.74 Å². The SMILES string of the molecule is Cc1ccc(C(=O)COc2ccccc2N2C(=O)[C@@H]3[C@H]4CC[C@@H](C4)[C@H]3C2=O)cc1C. The number of nitrogens with zero attached hydrogens (tertiary/aromatic N) is 1.